The Morgan fingerprint density at radius 2 is 2.00 bits per heavy atom. The number of hydrogen-bond acceptors (Lipinski definition) is 1. The highest BCUT2D eigenvalue weighted by molar-refractivity contribution is 4.58. The smallest absolute Gasteiger partial charge is 0.0430 e. The SMILES string of the molecule is [2H]C1([2H])CC([2H])([2H])C([2H])([2H])N(C)C1([2H])[2H]. The van der Waals surface area contributed by atoms with Gasteiger partial charge in [0, 0.05) is 11.0 Å². The van der Waals surface area contributed by atoms with Crippen LogP contribution >= 0.6 is 0 Å². The van der Waals surface area contributed by atoms with Gasteiger partial charge in [0.05, 0.1) is 0 Å². The maximum atomic E-state index is 7.48. The van der Waals surface area contributed by atoms with Crippen molar-refractivity contribution in [2.75, 3.05) is 20.0 Å². The van der Waals surface area contributed by atoms with Gasteiger partial charge in [0.2, 0.25) is 0 Å². The first-order valence-electron chi connectivity index (χ1n) is 6.10. The Kier molecular flexibility index (Phi) is 0.365. The second-order valence-electron chi connectivity index (χ2n) is 1.31. The largest absolute Gasteiger partial charge is 0.306 e. The van der Waals surface area contributed by atoms with Gasteiger partial charge in [0.15, 0.2) is 0 Å². The van der Waals surface area contributed by atoms with Crippen molar-refractivity contribution >= 4 is 0 Å². The molecule has 0 spiro atoms. The highest BCUT2D eigenvalue weighted by atomic mass is 15.1. The summed E-state index contributed by atoms with van der Waals surface area (Å²) in [6.07, 6.45) is -5.64. The fourth-order valence-corrected chi connectivity index (χ4v) is 0.388. The molecule has 0 radical (unpaired) electrons. The minimum absolute atomic E-state index is 0.490. The lowest BCUT2D eigenvalue weighted by Gasteiger charge is -2.20. The molecule has 1 aliphatic rings. The van der Waals surface area contributed by atoms with E-state index in [-0.39, 0.29) is 0 Å². The van der Waals surface area contributed by atoms with Crippen LogP contribution in [0.25, 0.3) is 0 Å². The molecule has 0 N–H and O–H groups in total. The molecule has 1 saturated heterocycles. The van der Waals surface area contributed by atoms with E-state index in [9.17, 15) is 0 Å². The quantitative estimate of drug-likeness (QED) is 0.448. The summed E-state index contributed by atoms with van der Waals surface area (Å²) < 4.78 is 59.7. The van der Waals surface area contributed by atoms with Crippen molar-refractivity contribution in [3.8, 4) is 0 Å². The van der Waals surface area contributed by atoms with Crippen molar-refractivity contribution in [1.82, 2.24) is 4.90 Å². The van der Waals surface area contributed by atoms with Gasteiger partial charge in [-0.25, -0.2) is 0 Å². The third kappa shape index (κ3) is 1.48. The maximum absolute atomic E-state index is 7.48. The zero-order chi connectivity index (χ0) is 12.3. The molecule has 42 valence electrons. The molecule has 1 aliphatic heterocycles. The maximum Gasteiger partial charge on any atom is 0.0430 e. The molecule has 1 rings (SSSR count). The lowest BCUT2D eigenvalue weighted by Crippen LogP contribution is -2.24. The summed E-state index contributed by atoms with van der Waals surface area (Å²) in [5.41, 5.74) is 0. The van der Waals surface area contributed by atoms with E-state index < -0.39 is 32.2 Å². The molecule has 0 saturated carbocycles. The molecule has 0 aromatic rings. The fourth-order valence-electron chi connectivity index (χ4n) is 0.388. The van der Waals surface area contributed by atoms with Crippen molar-refractivity contribution in [2.45, 2.75) is 19.2 Å². The molecule has 7 heavy (non-hydrogen) atoms. The Hall–Kier alpha value is -0.0400. The van der Waals surface area contributed by atoms with Crippen LogP contribution < -0.4 is 0 Å². The van der Waals surface area contributed by atoms with Crippen LogP contribution in [0.1, 0.15) is 30.1 Å². The highest BCUT2D eigenvalue weighted by Crippen LogP contribution is 2.04. The number of piperidine rings is 1. The van der Waals surface area contributed by atoms with Gasteiger partial charge in [-0.1, -0.05) is 6.42 Å². The van der Waals surface area contributed by atoms with Crippen LogP contribution in [0.3, 0.4) is 0 Å². The molecule has 1 heterocycles. The van der Waals surface area contributed by atoms with E-state index in [1.54, 1.807) is 0 Å². The van der Waals surface area contributed by atoms with Crippen molar-refractivity contribution in [1.29, 1.82) is 0 Å². The van der Waals surface area contributed by atoms with E-state index in [2.05, 4.69) is 0 Å². The van der Waals surface area contributed by atoms with E-state index in [1.165, 1.54) is 0 Å². The molecular weight excluding hydrogens is 86.1 g/mol. The van der Waals surface area contributed by atoms with E-state index in [1.807, 2.05) is 0 Å². The number of nitrogens with zero attached hydrogens (tertiary/aromatic N) is 1. The van der Waals surface area contributed by atoms with Crippen LogP contribution in [-0.2, 0) is 0 Å². The molecule has 1 fully saturated rings. The molecule has 0 aliphatic carbocycles. The van der Waals surface area contributed by atoms with Crippen molar-refractivity contribution < 1.29 is 11.0 Å². The summed E-state index contributed by atoms with van der Waals surface area (Å²) in [5, 5.41) is 0. The van der Waals surface area contributed by atoms with Gasteiger partial charge < -0.3 is 4.90 Å². The van der Waals surface area contributed by atoms with Gasteiger partial charge in [-0.15, -0.1) is 0 Å². The van der Waals surface area contributed by atoms with Gasteiger partial charge in [-0.2, -0.15) is 0 Å². The van der Waals surface area contributed by atoms with Gasteiger partial charge in [-0.05, 0) is 32.8 Å². The monoisotopic (exact) mass is 107 g/mol. The standard InChI is InChI=1S/C6H13N/c1-7-5-3-2-4-6-7/h2-6H2,1H3/i3D2,4D2,5D2,6D2. The van der Waals surface area contributed by atoms with Gasteiger partial charge in [-0.3, -0.25) is 0 Å². The van der Waals surface area contributed by atoms with Crippen molar-refractivity contribution in [2.24, 2.45) is 0 Å². The van der Waals surface area contributed by atoms with Crippen LogP contribution in [0.15, 0.2) is 0 Å². The van der Waals surface area contributed by atoms with Crippen LogP contribution in [0.5, 0.6) is 0 Å². The lowest BCUT2D eigenvalue weighted by atomic mass is 10.1. The molecule has 1 heteroatoms. The Labute approximate surface area is 56.6 Å². The first-order chi connectivity index (χ1) is 6.36. The first kappa shape index (κ1) is 1.10. The predicted molar refractivity (Wildman–Crippen MR) is 31.3 cm³/mol. The summed E-state index contributed by atoms with van der Waals surface area (Å²) in [5.74, 6) is 0. The van der Waals surface area contributed by atoms with Crippen molar-refractivity contribution in [3.63, 3.8) is 0 Å². The Morgan fingerprint density at radius 1 is 1.43 bits per heavy atom. The van der Waals surface area contributed by atoms with E-state index in [0.29, 0.717) is 4.90 Å². The summed E-state index contributed by atoms with van der Waals surface area (Å²) in [4.78, 5) is 0.490. The van der Waals surface area contributed by atoms with E-state index in [4.69, 9.17) is 11.0 Å². The molecule has 0 bridgehead atoms. The summed E-state index contributed by atoms with van der Waals surface area (Å²) >= 11 is 0. The molecule has 0 amide bonds. The summed E-state index contributed by atoms with van der Waals surface area (Å²) in [6, 6.07) is 0. The predicted octanol–water partition coefficient (Wildman–Crippen LogP) is 1.10. The van der Waals surface area contributed by atoms with Gasteiger partial charge >= 0.3 is 0 Å². The Bertz CT molecular complexity index is 246. The number of hydrogen-bond donors (Lipinski definition) is 0. The molecule has 0 aromatic heterocycles. The Balaban J connectivity index is 3.24. The summed E-state index contributed by atoms with van der Waals surface area (Å²) in [6.45, 7) is -5.05. The minimum Gasteiger partial charge on any atom is -0.306 e. The average molecular weight is 107 g/mol. The molecular formula is C6H13N. The second kappa shape index (κ2) is 2.31. The van der Waals surface area contributed by atoms with Crippen molar-refractivity contribution in [3.05, 3.63) is 0 Å². The molecule has 1 nitrogen and oxygen atoms in total. The Morgan fingerprint density at radius 3 is 2.57 bits per heavy atom. The average Bonchev–Trinajstić information content (AvgIpc) is 1.98. The van der Waals surface area contributed by atoms with Gasteiger partial charge in [0.25, 0.3) is 0 Å². The first-order valence-corrected chi connectivity index (χ1v) is 2.10. The van der Waals surface area contributed by atoms with Crippen LogP contribution in [0, 0.1) is 0 Å². The fraction of sp³-hybridized carbons (Fsp3) is 1.00. The zero-order valence-electron chi connectivity index (χ0n) is 12.2. The number of rotatable bonds is 0. The number of likely N-dealkylation sites (tertiary alicyclic amines) is 1. The summed E-state index contributed by atoms with van der Waals surface area (Å²) in [7, 11) is 1.05. The van der Waals surface area contributed by atoms with Crippen LogP contribution in [0.2, 0.25) is 0 Å². The minimum atomic E-state index is -2.53. The second-order valence-corrected chi connectivity index (χ2v) is 1.31. The molecule has 0 unspecified atom stereocenters. The zero-order valence-corrected chi connectivity index (χ0v) is 4.15. The molecule has 0 atom stereocenters. The third-order valence-electron chi connectivity index (χ3n) is 0.670. The topological polar surface area (TPSA) is 3.24 Å². The van der Waals surface area contributed by atoms with Crippen LogP contribution in [-0.4, -0.2) is 24.9 Å². The van der Waals surface area contributed by atoms with E-state index in [0.717, 1.165) is 7.05 Å². The highest BCUT2D eigenvalue weighted by Gasteiger charge is 2.02. The van der Waals surface area contributed by atoms with Gasteiger partial charge in [0.1, 0.15) is 0 Å². The lowest BCUT2D eigenvalue weighted by molar-refractivity contribution is 0.277. The third-order valence-corrected chi connectivity index (χ3v) is 0.670. The van der Waals surface area contributed by atoms with Crippen LogP contribution in [0.4, 0.5) is 0 Å². The normalized spacial score (nSPS) is 71.0. The molecule has 0 aromatic carbocycles. The van der Waals surface area contributed by atoms with E-state index >= 15 is 0 Å².